The van der Waals surface area contributed by atoms with Gasteiger partial charge in [-0.3, -0.25) is 0 Å². The summed E-state index contributed by atoms with van der Waals surface area (Å²) in [6, 6.07) is 7.31. The Balaban J connectivity index is 1.80. The van der Waals surface area contributed by atoms with Crippen LogP contribution in [0.4, 0.5) is 11.6 Å². The summed E-state index contributed by atoms with van der Waals surface area (Å²) in [4.78, 5) is 10.3. The molecule has 1 aromatic heterocycles. The van der Waals surface area contributed by atoms with Crippen LogP contribution >= 0.6 is 23.2 Å². The summed E-state index contributed by atoms with van der Waals surface area (Å²) in [7, 11) is 0. The van der Waals surface area contributed by atoms with Gasteiger partial charge in [0.1, 0.15) is 24.1 Å². The van der Waals surface area contributed by atoms with Gasteiger partial charge in [0.15, 0.2) is 0 Å². The molecule has 1 fully saturated rings. The second kappa shape index (κ2) is 6.05. The van der Waals surface area contributed by atoms with Crippen LogP contribution < -0.4 is 10.6 Å². The standard InChI is InChI=1S/C14H14Cl2N4O/c15-10-2-1-9(5-11(10)16)12-7-20(3-4-21-12)14-6-13(17)18-8-19-14/h1-2,5-6,8,12H,3-4,7H2,(H2,17,18,19)/t12-/m0/s1. The molecule has 0 saturated carbocycles. The van der Waals surface area contributed by atoms with Gasteiger partial charge in [-0.2, -0.15) is 0 Å². The van der Waals surface area contributed by atoms with Crippen molar-refractivity contribution < 1.29 is 4.74 Å². The normalized spacial score (nSPS) is 18.8. The van der Waals surface area contributed by atoms with E-state index in [-0.39, 0.29) is 6.10 Å². The zero-order chi connectivity index (χ0) is 14.8. The van der Waals surface area contributed by atoms with Gasteiger partial charge in [0.2, 0.25) is 0 Å². The van der Waals surface area contributed by atoms with Gasteiger partial charge in [0.05, 0.1) is 16.7 Å². The van der Waals surface area contributed by atoms with E-state index in [2.05, 4.69) is 14.9 Å². The molecule has 2 aromatic rings. The van der Waals surface area contributed by atoms with Crippen molar-refractivity contribution in [3.05, 3.63) is 46.2 Å². The summed E-state index contributed by atoms with van der Waals surface area (Å²) >= 11 is 12.0. The van der Waals surface area contributed by atoms with Gasteiger partial charge in [0, 0.05) is 19.2 Å². The number of morpholine rings is 1. The number of benzene rings is 1. The number of rotatable bonds is 2. The summed E-state index contributed by atoms with van der Waals surface area (Å²) < 4.78 is 5.82. The number of anilines is 2. The van der Waals surface area contributed by atoms with Crippen LogP contribution in [-0.2, 0) is 4.74 Å². The van der Waals surface area contributed by atoms with Crippen LogP contribution in [0.2, 0.25) is 10.0 Å². The van der Waals surface area contributed by atoms with Crippen LogP contribution in [0.15, 0.2) is 30.6 Å². The predicted octanol–water partition coefficient (Wildman–Crippen LogP) is 2.94. The molecular formula is C14H14Cl2N4O. The zero-order valence-electron chi connectivity index (χ0n) is 11.2. The molecule has 0 spiro atoms. The first-order chi connectivity index (χ1) is 10.1. The molecule has 0 amide bonds. The Kier molecular flexibility index (Phi) is 4.14. The monoisotopic (exact) mass is 324 g/mol. The van der Waals surface area contributed by atoms with Crippen molar-refractivity contribution >= 4 is 34.8 Å². The molecule has 1 aromatic carbocycles. The third kappa shape index (κ3) is 3.20. The fraction of sp³-hybridized carbons (Fsp3) is 0.286. The number of nitrogens with zero attached hydrogens (tertiary/aromatic N) is 3. The molecule has 7 heteroatoms. The maximum atomic E-state index is 6.07. The van der Waals surface area contributed by atoms with Crippen LogP contribution in [0.1, 0.15) is 11.7 Å². The average Bonchev–Trinajstić information content (AvgIpc) is 2.50. The highest BCUT2D eigenvalue weighted by Gasteiger charge is 2.23. The molecular weight excluding hydrogens is 311 g/mol. The highest BCUT2D eigenvalue weighted by Crippen LogP contribution is 2.30. The summed E-state index contributed by atoms with van der Waals surface area (Å²) in [5, 5.41) is 1.07. The molecule has 21 heavy (non-hydrogen) atoms. The van der Waals surface area contributed by atoms with Gasteiger partial charge in [-0.1, -0.05) is 29.3 Å². The van der Waals surface area contributed by atoms with Crippen molar-refractivity contribution in [1.29, 1.82) is 0 Å². The first-order valence-corrected chi connectivity index (χ1v) is 7.28. The van der Waals surface area contributed by atoms with Crippen molar-refractivity contribution in [3.63, 3.8) is 0 Å². The smallest absolute Gasteiger partial charge is 0.134 e. The number of hydrogen-bond donors (Lipinski definition) is 1. The molecule has 0 bridgehead atoms. The van der Waals surface area contributed by atoms with Gasteiger partial charge >= 0.3 is 0 Å². The van der Waals surface area contributed by atoms with Crippen LogP contribution in [0.5, 0.6) is 0 Å². The topological polar surface area (TPSA) is 64.3 Å². The van der Waals surface area contributed by atoms with Gasteiger partial charge in [-0.15, -0.1) is 0 Å². The molecule has 1 saturated heterocycles. The molecule has 3 rings (SSSR count). The number of nitrogens with two attached hydrogens (primary N) is 1. The first kappa shape index (κ1) is 14.4. The summed E-state index contributed by atoms with van der Waals surface area (Å²) in [6.45, 7) is 2.04. The quantitative estimate of drug-likeness (QED) is 0.920. The fourth-order valence-corrected chi connectivity index (χ4v) is 2.61. The Hall–Kier alpha value is -1.56. The molecule has 0 radical (unpaired) electrons. The van der Waals surface area contributed by atoms with E-state index in [9.17, 15) is 0 Å². The second-order valence-electron chi connectivity index (χ2n) is 4.78. The third-order valence-electron chi connectivity index (χ3n) is 3.38. The van der Waals surface area contributed by atoms with Gasteiger partial charge in [0.25, 0.3) is 0 Å². The maximum Gasteiger partial charge on any atom is 0.134 e. The van der Waals surface area contributed by atoms with E-state index in [4.69, 9.17) is 33.7 Å². The summed E-state index contributed by atoms with van der Waals surface area (Å²) in [6.07, 6.45) is 1.39. The van der Waals surface area contributed by atoms with Crippen molar-refractivity contribution in [1.82, 2.24) is 9.97 Å². The van der Waals surface area contributed by atoms with E-state index in [1.807, 2.05) is 12.1 Å². The lowest BCUT2D eigenvalue weighted by molar-refractivity contribution is 0.0395. The number of nitrogen functional groups attached to an aromatic ring is 1. The molecule has 110 valence electrons. The number of hydrogen-bond acceptors (Lipinski definition) is 5. The maximum absolute atomic E-state index is 6.07. The van der Waals surface area contributed by atoms with E-state index in [0.717, 1.165) is 17.9 Å². The minimum absolute atomic E-state index is 0.0790. The Morgan fingerprint density at radius 3 is 2.81 bits per heavy atom. The van der Waals surface area contributed by atoms with Gasteiger partial charge in [-0.25, -0.2) is 9.97 Å². The van der Waals surface area contributed by atoms with Crippen molar-refractivity contribution in [2.75, 3.05) is 30.3 Å². The number of ether oxygens (including phenoxy) is 1. The predicted molar refractivity (Wildman–Crippen MR) is 83.8 cm³/mol. The summed E-state index contributed by atoms with van der Waals surface area (Å²) in [5.74, 6) is 1.26. The lowest BCUT2D eigenvalue weighted by Crippen LogP contribution is -2.38. The summed E-state index contributed by atoms with van der Waals surface area (Å²) in [5.41, 5.74) is 6.70. The van der Waals surface area contributed by atoms with E-state index >= 15 is 0 Å². The molecule has 0 aliphatic carbocycles. The minimum Gasteiger partial charge on any atom is -0.384 e. The SMILES string of the molecule is Nc1cc(N2CCO[C@H](c3ccc(Cl)c(Cl)c3)C2)ncn1. The molecule has 1 atom stereocenters. The van der Waals surface area contributed by atoms with E-state index in [1.54, 1.807) is 12.1 Å². The molecule has 0 unspecified atom stereocenters. The van der Waals surface area contributed by atoms with E-state index in [1.165, 1.54) is 6.33 Å². The fourth-order valence-electron chi connectivity index (χ4n) is 2.31. The first-order valence-electron chi connectivity index (χ1n) is 6.52. The Bertz CT molecular complexity index is 653. The molecule has 1 aliphatic rings. The van der Waals surface area contributed by atoms with Crippen LogP contribution in [-0.4, -0.2) is 29.7 Å². The second-order valence-corrected chi connectivity index (χ2v) is 5.59. The van der Waals surface area contributed by atoms with Gasteiger partial charge in [-0.05, 0) is 17.7 Å². The molecule has 5 nitrogen and oxygen atoms in total. The minimum atomic E-state index is -0.0790. The third-order valence-corrected chi connectivity index (χ3v) is 4.12. The number of halogens is 2. The van der Waals surface area contributed by atoms with E-state index < -0.39 is 0 Å². The van der Waals surface area contributed by atoms with Crippen molar-refractivity contribution in [3.8, 4) is 0 Å². The molecule has 2 N–H and O–H groups in total. The van der Waals surface area contributed by atoms with Crippen molar-refractivity contribution in [2.24, 2.45) is 0 Å². The zero-order valence-corrected chi connectivity index (χ0v) is 12.7. The lowest BCUT2D eigenvalue weighted by Gasteiger charge is -2.34. The van der Waals surface area contributed by atoms with Crippen LogP contribution in [0.3, 0.4) is 0 Å². The van der Waals surface area contributed by atoms with Crippen LogP contribution in [0.25, 0.3) is 0 Å². The van der Waals surface area contributed by atoms with Gasteiger partial charge < -0.3 is 15.4 Å². The Morgan fingerprint density at radius 1 is 1.19 bits per heavy atom. The number of aromatic nitrogens is 2. The largest absolute Gasteiger partial charge is 0.384 e. The van der Waals surface area contributed by atoms with Crippen molar-refractivity contribution in [2.45, 2.75) is 6.10 Å². The Morgan fingerprint density at radius 2 is 2.05 bits per heavy atom. The van der Waals surface area contributed by atoms with Crippen LogP contribution in [0, 0.1) is 0 Å². The highest BCUT2D eigenvalue weighted by atomic mass is 35.5. The average molecular weight is 325 g/mol. The molecule has 2 heterocycles. The molecule has 1 aliphatic heterocycles. The highest BCUT2D eigenvalue weighted by molar-refractivity contribution is 6.42. The lowest BCUT2D eigenvalue weighted by atomic mass is 10.1. The van der Waals surface area contributed by atoms with E-state index in [0.29, 0.717) is 29.0 Å². The Labute approximate surface area is 132 Å².